The fourth-order valence-corrected chi connectivity index (χ4v) is 4.81. The second-order valence-corrected chi connectivity index (χ2v) is 9.50. The summed E-state index contributed by atoms with van der Waals surface area (Å²) in [6.07, 6.45) is 0. The van der Waals surface area contributed by atoms with Crippen molar-refractivity contribution < 1.29 is 19.1 Å². The second-order valence-electron chi connectivity index (χ2n) is 9.50. The van der Waals surface area contributed by atoms with Gasteiger partial charge in [-0.3, -0.25) is 14.5 Å². The van der Waals surface area contributed by atoms with Crippen LogP contribution in [0.5, 0.6) is 11.5 Å². The molecule has 0 unspecified atom stereocenters. The summed E-state index contributed by atoms with van der Waals surface area (Å²) in [7, 11) is 3.09. The number of aryl methyl sites for hydroxylation is 1. The monoisotopic (exact) mass is 549 g/mol. The zero-order valence-electron chi connectivity index (χ0n) is 23.2. The van der Waals surface area contributed by atoms with Gasteiger partial charge in [0.1, 0.15) is 29.6 Å². The van der Waals surface area contributed by atoms with Crippen molar-refractivity contribution in [1.29, 1.82) is 0 Å². The minimum absolute atomic E-state index is 0.129. The number of methoxy groups -OCH3 is 2. The lowest BCUT2D eigenvalue weighted by Gasteiger charge is -2.33. The van der Waals surface area contributed by atoms with Crippen LogP contribution in [0.2, 0.25) is 0 Å². The van der Waals surface area contributed by atoms with Crippen molar-refractivity contribution >= 4 is 28.5 Å². The standard InChI is InChI=1S/C32H31N5O4/c1-22-11-7-9-15-27(22)37(30(38)21-36-28-16-10-8-14-26(28)34-35-36)31(25-18-17-24(40-2)19-29(25)41-3)32(39)33-20-23-12-5-4-6-13-23/h4-19,31H,20-21H2,1-3H3,(H,33,39)/t31-/m0/s1. The van der Waals surface area contributed by atoms with Crippen LogP contribution in [0.1, 0.15) is 22.7 Å². The van der Waals surface area contributed by atoms with Gasteiger partial charge in [-0.1, -0.05) is 65.9 Å². The lowest BCUT2D eigenvalue weighted by molar-refractivity contribution is -0.127. The molecule has 0 radical (unpaired) electrons. The van der Waals surface area contributed by atoms with Gasteiger partial charge in [0.05, 0.1) is 19.7 Å². The van der Waals surface area contributed by atoms with Crippen LogP contribution >= 0.6 is 0 Å². The molecule has 0 aliphatic heterocycles. The maximum absolute atomic E-state index is 14.3. The molecular formula is C32H31N5O4. The molecule has 41 heavy (non-hydrogen) atoms. The fraction of sp³-hybridized carbons (Fsp3) is 0.188. The number of nitrogens with one attached hydrogen (secondary N) is 1. The number of rotatable bonds is 10. The summed E-state index contributed by atoms with van der Waals surface area (Å²) in [5.41, 5.74) is 4.27. The number of hydrogen-bond donors (Lipinski definition) is 1. The van der Waals surface area contributed by atoms with E-state index in [4.69, 9.17) is 9.47 Å². The van der Waals surface area contributed by atoms with E-state index in [0.29, 0.717) is 28.3 Å². The molecule has 0 saturated carbocycles. The SMILES string of the molecule is COc1ccc([C@@H](C(=O)NCc2ccccc2)N(C(=O)Cn2nnc3ccccc32)c2ccccc2C)c(OC)c1. The lowest BCUT2D eigenvalue weighted by atomic mass is 10.00. The normalized spacial score (nSPS) is 11.6. The van der Waals surface area contributed by atoms with E-state index >= 15 is 0 Å². The Morgan fingerprint density at radius 1 is 0.902 bits per heavy atom. The Hall–Kier alpha value is -5.18. The van der Waals surface area contributed by atoms with Crippen LogP contribution in [0.4, 0.5) is 5.69 Å². The van der Waals surface area contributed by atoms with Gasteiger partial charge in [-0.15, -0.1) is 5.10 Å². The number of para-hydroxylation sites is 2. The van der Waals surface area contributed by atoms with Gasteiger partial charge < -0.3 is 14.8 Å². The van der Waals surface area contributed by atoms with Gasteiger partial charge in [0.25, 0.3) is 0 Å². The van der Waals surface area contributed by atoms with Crippen molar-refractivity contribution in [2.75, 3.05) is 19.1 Å². The van der Waals surface area contributed by atoms with Crippen molar-refractivity contribution in [3.8, 4) is 11.5 Å². The molecule has 0 bridgehead atoms. The summed E-state index contributed by atoms with van der Waals surface area (Å²) in [4.78, 5) is 30.0. The summed E-state index contributed by atoms with van der Waals surface area (Å²) in [6, 6.07) is 28.7. The molecule has 1 heterocycles. The molecule has 5 aromatic rings. The molecule has 9 heteroatoms. The molecule has 2 amide bonds. The van der Waals surface area contributed by atoms with Crippen LogP contribution in [0.25, 0.3) is 11.0 Å². The quantitative estimate of drug-likeness (QED) is 0.268. The Labute approximate surface area is 238 Å². The maximum atomic E-state index is 14.3. The highest BCUT2D eigenvalue weighted by atomic mass is 16.5. The molecule has 0 aliphatic rings. The summed E-state index contributed by atoms with van der Waals surface area (Å²) >= 11 is 0. The van der Waals surface area contributed by atoms with E-state index < -0.39 is 6.04 Å². The molecule has 4 aromatic carbocycles. The predicted molar refractivity (Wildman–Crippen MR) is 157 cm³/mol. The summed E-state index contributed by atoms with van der Waals surface area (Å²) in [5.74, 6) is 0.281. The minimum Gasteiger partial charge on any atom is -0.497 e. The van der Waals surface area contributed by atoms with Gasteiger partial charge in [-0.2, -0.15) is 0 Å². The number of anilines is 1. The van der Waals surface area contributed by atoms with Crippen molar-refractivity contribution in [3.05, 3.63) is 114 Å². The summed E-state index contributed by atoms with van der Waals surface area (Å²) in [6.45, 7) is 2.07. The zero-order valence-corrected chi connectivity index (χ0v) is 23.2. The molecule has 0 fully saturated rings. The first-order valence-corrected chi connectivity index (χ1v) is 13.2. The fourth-order valence-electron chi connectivity index (χ4n) is 4.81. The van der Waals surface area contributed by atoms with Gasteiger partial charge in [0.15, 0.2) is 0 Å². The van der Waals surface area contributed by atoms with Crippen molar-refractivity contribution in [3.63, 3.8) is 0 Å². The van der Waals surface area contributed by atoms with Crippen LogP contribution in [0, 0.1) is 6.92 Å². The van der Waals surface area contributed by atoms with E-state index in [9.17, 15) is 9.59 Å². The van der Waals surface area contributed by atoms with E-state index in [-0.39, 0.29) is 24.9 Å². The third kappa shape index (κ3) is 5.89. The number of nitrogens with zero attached hydrogens (tertiary/aromatic N) is 4. The Kier molecular flexibility index (Phi) is 8.24. The van der Waals surface area contributed by atoms with E-state index in [1.54, 1.807) is 30.0 Å². The van der Waals surface area contributed by atoms with Crippen molar-refractivity contribution in [2.24, 2.45) is 0 Å². The number of carbonyl (C=O) groups is 2. The van der Waals surface area contributed by atoms with Crippen LogP contribution in [0.3, 0.4) is 0 Å². The summed E-state index contributed by atoms with van der Waals surface area (Å²) < 4.78 is 12.7. The van der Waals surface area contributed by atoms with E-state index in [2.05, 4.69) is 15.6 Å². The van der Waals surface area contributed by atoms with Gasteiger partial charge in [-0.25, -0.2) is 4.68 Å². The molecule has 5 rings (SSSR count). The topological polar surface area (TPSA) is 98.6 Å². The third-order valence-electron chi connectivity index (χ3n) is 6.90. The molecule has 1 aromatic heterocycles. The van der Waals surface area contributed by atoms with Crippen LogP contribution in [0.15, 0.2) is 97.1 Å². The smallest absolute Gasteiger partial charge is 0.249 e. The second kappa shape index (κ2) is 12.3. The first-order chi connectivity index (χ1) is 20.0. The highest BCUT2D eigenvalue weighted by Crippen LogP contribution is 2.37. The molecule has 1 N–H and O–H groups in total. The summed E-state index contributed by atoms with van der Waals surface area (Å²) in [5, 5.41) is 11.5. The molecule has 9 nitrogen and oxygen atoms in total. The Bertz CT molecular complexity index is 1670. The average molecular weight is 550 g/mol. The first-order valence-electron chi connectivity index (χ1n) is 13.2. The van der Waals surface area contributed by atoms with E-state index in [1.165, 1.54) is 12.0 Å². The molecule has 0 aliphatic carbocycles. The number of amides is 2. The Morgan fingerprint density at radius 2 is 1.63 bits per heavy atom. The van der Waals surface area contributed by atoms with E-state index in [1.807, 2.05) is 85.8 Å². The number of fused-ring (bicyclic) bond motifs is 1. The largest absolute Gasteiger partial charge is 0.497 e. The molecule has 0 spiro atoms. The molecular weight excluding hydrogens is 518 g/mol. The third-order valence-corrected chi connectivity index (χ3v) is 6.90. The highest BCUT2D eigenvalue weighted by molar-refractivity contribution is 6.02. The number of hydrogen-bond acceptors (Lipinski definition) is 6. The van der Waals surface area contributed by atoms with Gasteiger partial charge in [0, 0.05) is 23.9 Å². The van der Waals surface area contributed by atoms with E-state index in [0.717, 1.165) is 16.6 Å². The zero-order chi connectivity index (χ0) is 28.8. The van der Waals surface area contributed by atoms with Crippen LogP contribution < -0.4 is 19.7 Å². The van der Waals surface area contributed by atoms with Crippen LogP contribution in [-0.2, 0) is 22.7 Å². The number of aromatic nitrogens is 3. The number of ether oxygens (including phenoxy) is 2. The first kappa shape index (κ1) is 27.4. The highest BCUT2D eigenvalue weighted by Gasteiger charge is 2.36. The molecule has 208 valence electrons. The van der Waals surface area contributed by atoms with Gasteiger partial charge in [0.2, 0.25) is 11.8 Å². The molecule has 0 saturated heterocycles. The minimum atomic E-state index is -1.07. The lowest BCUT2D eigenvalue weighted by Crippen LogP contribution is -2.45. The van der Waals surface area contributed by atoms with Gasteiger partial charge in [-0.05, 0) is 48.4 Å². The predicted octanol–water partition coefficient (Wildman–Crippen LogP) is 4.85. The Morgan fingerprint density at radius 3 is 2.39 bits per heavy atom. The maximum Gasteiger partial charge on any atom is 0.249 e. The van der Waals surface area contributed by atoms with Gasteiger partial charge >= 0.3 is 0 Å². The van der Waals surface area contributed by atoms with Crippen molar-refractivity contribution in [2.45, 2.75) is 26.1 Å². The van der Waals surface area contributed by atoms with Crippen molar-refractivity contribution in [1.82, 2.24) is 20.3 Å². The Balaban J connectivity index is 1.62. The van der Waals surface area contributed by atoms with Crippen LogP contribution in [-0.4, -0.2) is 41.0 Å². The average Bonchev–Trinajstić information content (AvgIpc) is 3.42. The number of benzene rings is 4. The molecule has 1 atom stereocenters. The number of carbonyl (C=O) groups excluding carboxylic acids is 2.